The van der Waals surface area contributed by atoms with Crippen LogP contribution in [0.1, 0.15) is 28.5 Å². The number of aromatic nitrogens is 3. The highest BCUT2D eigenvalue weighted by molar-refractivity contribution is 5.90. The minimum atomic E-state index is -0.357. The number of hydrogen-bond acceptors (Lipinski definition) is 5. The zero-order valence-electron chi connectivity index (χ0n) is 10.1. The number of pyridine rings is 1. The van der Waals surface area contributed by atoms with Crippen LogP contribution in [0.2, 0.25) is 0 Å². The molecule has 2 aromatic rings. The number of carbonyl (C=O) groups excluding carboxylic acids is 1. The van der Waals surface area contributed by atoms with E-state index < -0.39 is 0 Å². The maximum Gasteiger partial charge on any atom is 0.338 e. The van der Waals surface area contributed by atoms with Crippen LogP contribution in [0, 0.1) is 0 Å². The van der Waals surface area contributed by atoms with Crippen molar-refractivity contribution >= 4 is 11.6 Å². The first kappa shape index (κ1) is 11.2. The van der Waals surface area contributed by atoms with E-state index in [0.29, 0.717) is 17.1 Å². The van der Waals surface area contributed by atoms with Crippen LogP contribution in [0.4, 0.5) is 0 Å². The van der Waals surface area contributed by atoms with Gasteiger partial charge in [-0.25, -0.2) is 14.3 Å². The van der Waals surface area contributed by atoms with Gasteiger partial charge in [-0.3, -0.25) is 0 Å². The van der Waals surface area contributed by atoms with E-state index >= 15 is 0 Å². The van der Waals surface area contributed by atoms with Gasteiger partial charge in [-0.05, 0) is 25.1 Å². The molecule has 94 valence electrons. The van der Waals surface area contributed by atoms with Crippen LogP contribution in [-0.4, -0.2) is 40.8 Å². The third-order valence-corrected chi connectivity index (χ3v) is 3.20. The Labute approximate surface area is 104 Å². The topological polar surface area (TPSA) is 68.5 Å². The molecular weight excluding hydrogens is 232 g/mol. The van der Waals surface area contributed by atoms with Gasteiger partial charge in [-0.2, -0.15) is 5.10 Å². The zero-order valence-corrected chi connectivity index (χ0v) is 10.1. The lowest BCUT2D eigenvalue weighted by molar-refractivity contribution is 0.0600. The Morgan fingerprint density at radius 2 is 2.50 bits per heavy atom. The molecule has 0 radical (unpaired) electrons. The predicted molar refractivity (Wildman–Crippen MR) is 64.6 cm³/mol. The lowest BCUT2D eigenvalue weighted by Gasteiger charge is -1.99. The summed E-state index contributed by atoms with van der Waals surface area (Å²) in [6.07, 6.45) is 2.79. The predicted octanol–water partition coefficient (Wildman–Crippen LogP) is 0.593. The van der Waals surface area contributed by atoms with Crippen molar-refractivity contribution in [2.24, 2.45) is 0 Å². The molecule has 0 amide bonds. The second kappa shape index (κ2) is 4.38. The van der Waals surface area contributed by atoms with Crippen molar-refractivity contribution in [1.29, 1.82) is 0 Å². The van der Waals surface area contributed by atoms with Gasteiger partial charge >= 0.3 is 5.97 Å². The molecule has 3 rings (SSSR count). The number of fused-ring (bicyclic) bond motifs is 1. The van der Waals surface area contributed by atoms with Crippen molar-refractivity contribution in [2.45, 2.75) is 12.3 Å². The lowest BCUT2D eigenvalue weighted by Crippen LogP contribution is -2.08. The van der Waals surface area contributed by atoms with Crippen molar-refractivity contribution in [3.8, 4) is 0 Å². The van der Waals surface area contributed by atoms with Crippen molar-refractivity contribution in [1.82, 2.24) is 19.9 Å². The first-order chi connectivity index (χ1) is 8.78. The summed E-state index contributed by atoms with van der Waals surface area (Å²) in [5.41, 5.74) is 1.17. The molecule has 3 heterocycles. The fourth-order valence-corrected chi connectivity index (χ4v) is 2.19. The molecule has 18 heavy (non-hydrogen) atoms. The maximum absolute atomic E-state index is 11.4. The Kier molecular flexibility index (Phi) is 2.71. The summed E-state index contributed by atoms with van der Waals surface area (Å²) < 4.78 is 6.38. The normalized spacial score (nSPS) is 19.3. The monoisotopic (exact) mass is 246 g/mol. The van der Waals surface area contributed by atoms with Gasteiger partial charge in [0.05, 0.1) is 12.7 Å². The zero-order chi connectivity index (χ0) is 12.5. The second-order valence-electron chi connectivity index (χ2n) is 4.37. The Bertz CT molecular complexity index is 587. The Balaban J connectivity index is 1.98. The van der Waals surface area contributed by atoms with Gasteiger partial charge in [0.25, 0.3) is 0 Å². The molecule has 2 aromatic heterocycles. The number of esters is 1. The fraction of sp³-hybridized carbons (Fsp3) is 0.417. The van der Waals surface area contributed by atoms with E-state index in [-0.39, 0.29) is 5.97 Å². The average molecular weight is 246 g/mol. The largest absolute Gasteiger partial charge is 0.465 e. The summed E-state index contributed by atoms with van der Waals surface area (Å²) in [5, 5.41) is 7.72. The summed E-state index contributed by atoms with van der Waals surface area (Å²) in [7, 11) is 1.37. The van der Waals surface area contributed by atoms with Gasteiger partial charge in [0.2, 0.25) is 0 Å². The fourth-order valence-electron chi connectivity index (χ4n) is 2.19. The van der Waals surface area contributed by atoms with Crippen LogP contribution in [-0.2, 0) is 4.74 Å². The van der Waals surface area contributed by atoms with Crippen LogP contribution in [0.5, 0.6) is 0 Å². The minimum Gasteiger partial charge on any atom is -0.465 e. The van der Waals surface area contributed by atoms with E-state index in [9.17, 15) is 4.79 Å². The van der Waals surface area contributed by atoms with E-state index in [1.54, 1.807) is 22.8 Å². The molecular formula is C12H14N4O2. The molecule has 1 aliphatic heterocycles. The van der Waals surface area contributed by atoms with E-state index in [0.717, 1.165) is 25.3 Å². The van der Waals surface area contributed by atoms with Crippen LogP contribution in [0.15, 0.2) is 18.3 Å². The maximum atomic E-state index is 11.4. The van der Waals surface area contributed by atoms with Crippen LogP contribution in [0.25, 0.3) is 5.65 Å². The summed E-state index contributed by atoms with van der Waals surface area (Å²) in [4.78, 5) is 15.9. The number of nitrogens with zero attached hydrogens (tertiary/aromatic N) is 3. The number of ether oxygens (including phenoxy) is 1. The van der Waals surface area contributed by atoms with Gasteiger partial charge in [0, 0.05) is 18.7 Å². The first-order valence-corrected chi connectivity index (χ1v) is 5.93. The van der Waals surface area contributed by atoms with Gasteiger partial charge in [0.1, 0.15) is 0 Å². The highest BCUT2D eigenvalue weighted by Gasteiger charge is 2.21. The lowest BCUT2D eigenvalue weighted by atomic mass is 10.1. The second-order valence-corrected chi connectivity index (χ2v) is 4.37. The molecule has 1 atom stereocenters. The molecule has 1 saturated heterocycles. The molecule has 1 unspecified atom stereocenters. The third kappa shape index (κ3) is 1.84. The first-order valence-electron chi connectivity index (χ1n) is 5.93. The number of hydrogen-bond donors (Lipinski definition) is 1. The number of carbonyl (C=O) groups is 1. The molecule has 0 bridgehead atoms. The van der Waals surface area contributed by atoms with Crippen LogP contribution >= 0.6 is 0 Å². The van der Waals surface area contributed by atoms with Gasteiger partial charge in [0.15, 0.2) is 11.5 Å². The summed E-state index contributed by atoms with van der Waals surface area (Å²) in [6, 6.07) is 3.38. The van der Waals surface area contributed by atoms with E-state index in [4.69, 9.17) is 0 Å². The highest BCUT2D eigenvalue weighted by Crippen LogP contribution is 2.19. The standard InChI is InChI=1S/C12H14N4O2/c1-18-12(17)8-3-5-16-10(6-8)14-11(15-16)9-2-4-13-7-9/h3,5-6,9,13H,2,4,7H2,1H3. The van der Waals surface area contributed by atoms with E-state index in [1.807, 2.05) is 0 Å². The van der Waals surface area contributed by atoms with Gasteiger partial charge < -0.3 is 10.1 Å². The van der Waals surface area contributed by atoms with Crippen LogP contribution < -0.4 is 5.32 Å². The molecule has 1 aliphatic rings. The Morgan fingerprint density at radius 1 is 1.61 bits per heavy atom. The SMILES string of the molecule is COC(=O)c1ccn2nc(C3CCNC3)nc2c1. The quantitative estimate of drug-likeness (QED) is 0.785. The van der Waals surface area contributed by atoms with Gasteiger partial charge in [-0.1, -0.05) is 0 Å². The van der Waals surface area contributed by atoms with E-state index in [1.165, 1.54) is 7.11 Å². The average Bonchev–Trinajstić information content (AvgIpc) is 3.04. The van der Waals surface area contributed by atoms with Crippen molar-refractivity contribution in [2.75, 3.05) is 20.2 Å². The third-order valence-electron chi connectivity index (χ3n) is 3.20. The van der Waals surface area contributed by atoms with Crippen molar-refractivity contribution in [3.05, 3.63) is 29.7 Å². The molecule has 1 fully saturated rings. The summed E-state index contributed by atoms with van der Waals surface area (Å²) >= 11 is 0. The Hall–Kier alpha value is -1.95. The Morgan fingerprint density at radius 3 is 3.22 bits per heavy atom. The van der Waals surface area contributed by atoms with Crippen LogP contribution in [0.3, 0.4) is 0 Å². The number of rotatable bonds is 2. The summed E-state index contributed by atoms with van der Waals surface area (Å²) in [6.45, 7) is 1.92. The smallest absolute Gasteiger partial charge is 0.338 e. The molecule has 0 aliphatic carbocycles. The molecule has 0 saturated carbocycles. The molecule has 1 N–H and O–H groups in total. The van der Waals surface area contributed by atoms with Crippen molar-refractivity contribution < 1.29 is 9.53 Å². The highest BCUT2D eigenvalue weighted by atomic mass is 16.5. The number of nitrogens with one attached hydrogen (secondary N) is 1. The number of methoxy groups -OCH3 is 1. The molecule has 6 nitrogen and oxygen atoms in total. The molecule has 0 aromatic carbocycles. The molecule has 0 spiro atoms. The molecule has 6 heteroatoms. The minimum absolute atomic E-state index is 0.357. The van der Waals surface area contributed by atoms with Crippen molar-refractivity contribution in [3.63, 3.8) is 0 Å². The summed E-state index contributed by atoms with van der Waals surface area (Å²) in [5.74, 6) is 0.845. The van der Waals surface area contributed by atoms with E-state index in [2.05, 4.69) is 20.1 Å². The van der Waals surface area contributed by atoms with Gasteiger partial charge in [-0.15, -0.1) is 0 Å².